The van der Waals surface area contributed by atoms with Crippen LogP contribution in [0, 0.1) is 0 Å². The zero-order valence-corrected chi connectivity index (χ0v) is 7.25. The predicted octanol–water partition coefficient (Wildman–Crippen LogP) is 0.591. The van der Waals surface area contributed by atoms with Crippen molar-refractivity contribution in [1.29, 1.82) is 0 Å². The largest absolute Gasteiger partial charge is 0.273 e. The molecule has 2 amide bonds. The lowest BCUT2D eigenvalue weighted by molar-refractivity contribution is -0.142. The van der Waals surface area contributed by atoms with Gasteiger partial charge in [-0.2, -0.15) is 0 Å². The van der Waals surface area contributed by atoms with Crippen LogP contribution in [0.4, 0.5) is 0 Å². The Morgan fingerprint density at radius 1 is 1.58 bits per heavy atom. The predicted molar refractivity (Wildman–Crippen MR) is 45.8 cm³/mol. The minimum Gasteiger partial charge on any atom is -0.273 e. The summed E-state index contributed by atoms with van der Waals surface area (Å²) in [6.07, 6.45) is 2.98. The SMILES string of the molecule is C=CC(=O)N(N)C(=O)CCCC. The zero-order chi connectivity index (χ0) is 9.56. The summed E-state index contributed by atoms with van der Waals surface area (Å²) in [4.78, 5) is 21.8. The molecule has 0 radical (unpaired) electrons. The quantitative estimate of drug-likeness (QED) is 0.291. The summed E-state index contributed by atoms with van der Waals surface area (Å²) >= 11 is 0. The number of carbonyl (C=O) groups is 2. The van der Waals surface area contributed by atoms with E-state index >= 15 is 0 Å². The first-order valence-electron chi connectivity index (χ1n) is 3.87. The molecule has 0 aliphatic carbocycles. The average molecular weight is 170 g/mol. The van der Waals surface area contributed by atoms with Gasteiger partial charge in [0, 0.05) is 6.42 Å². The maximum atomic E-state index is 11.0. The lowest BCUT2D eigenvalue weighted by Crippen LogP contribution is -2.41. The Hall–Kier alpha value is -1.16. The van der Waals surface area contributed by atoms with Crippen LogP contribution in [0.2, 0.25) is 0 Å². The van der Waals surface area contributed by atoms with Crippen LogP contribution in [0.3, 0.4) is 0 Å². The van der Waals surface area contributed by atoms with Crippen molar-refractivity contribution < 1.29 is 9.59 Å². The summed E-state index contributed by atoms with van der Waals surface area (Å²) in [6.45, 7) is 5.18. The molecule has 0 bridgehead atoms. The summed E-state index contributed by atoms with van der Waals surface area (Å²) in [6, 6.07) is 0. The molecule has 0 fully saturated rings. The van der Waals surface area contributed by atoms with Crippen molar-refractivity contribution in [2.45, 2.75) is 26.2 Å². The first-order chi connectivity index (χ1) is 5.63. The molecule has 0 unspecified atom stereocenters. The highest BCUT2D eigenvalue weighted by molar-refractivity contribution is 5.99. The van der Waals surface area contributed by atoms with E-state index in [1.807, 2.05) is 6.92 Å². The van der Waals surface area contributed by atoms with Gasteiger partial charge < -0.3 is 0 Å². The zero-order valence-electron chi connectivity index (χ0n) is 7.25. The Morgan fingerprint density at radius 3 is 2.58 bits per heavy atom. The third kappa shape index (κ3) is 3.30. The molecule has 0 saturated heterocycles. The second-order valence-corrected chi connectivity index (χ2v) is 2.41. The lowest BCUT2D eigenvalue weighted by atomic mass is 10.2. The van der Waals surface area contributed by atoms with E-state index in [4.69, 9.17) is 5.84 Å². The Labute approximate surface area is 72.0 Å². The maximum absolute atomic E-state index is 11.0. The second kappa shape index (κ2) is 5.49. The minimum atomic E-state index is -0.559. The van der Waals surface area contributed by atoms with Gasteiger partial charge in [0.25, 0.3) is 5.91 Å². The third-order valence-corrected chi connectivity index (χ3v) is 1.42. The van der Waals surface area contributed by atoms with Crippen LogP contribution in [-0.4, -0.2) is 16.8 Å². The number of imide groups is 1. The number of nitrogens with two attached hydrogens (primary N) is 1. The van der Waals surface area contributed by atoms with Crippen LogP contribution < -0.4 is 5.84 Å². The van der Waals surface area contributed by atoms with Crippen LogP contribution in [0.5, 0.6) is 0 Å². The number of hydrazine groups is 1. The van der Waals surface area contributed by atoms with Gasteiger partial charge in [0.2, 0.25) is 5.91 Å². The van der Waals surface area contributed by atoms with Crippen molar-refractivity contribution in [3.05, 3.63) is 12.7 Å². The first-order valence-corrected chi connectivity index (χ1v) is 3.87. The van der Waals surface area contributed by atoms with Crippen LogP contribution >= 0.6 is 0 Å². The van der Waals surface area contributed by atoms with Crippen molar-refractivity contribution in [2.75, 3.05) is 0 Å². The van der Waals surface area contributed by atoms with Gasteiger partial charge in [-0.1, -0.05) is 19.9 Å². The summed E-state index contributed by atoms with van der Waals surface area (Å²) in [5.74, 6) is 4.26. The van der Waals surface area contributed by atoms with Crippen molar-refractivity contribution in [3.63, 3.8) is 0 Å². The Balaban J connectivity index is 3.92. The van der Waals surface area contributed by atoms with Gasteiger partial charge in [-0.15, -0.1) is 0 Å². The molecule has 0 atom stereocenters. The van der Waals surface area contributed by atoms with E-state index in [0.717, 1.165) is 18.9 Å². The lowest BCUT2D eigenvalue weighted by Gasteiger charge is -2.11. The molecule has 0 spiro atoms. The maximum Gasteiger partial charge on any atom is 0.266 e. The van der Waals surface area contributed by atoms with E-state index in [9.17, 15) is 9.59 Å². The van der Waals surface area contributed by atoms with E-state index in [0.29, 0.717) is 11.4 Å². The molecular weight excluding hydrogens is 156 g/mol. The highest BCUT2D eigenvalue weighted by Gasteiger charge is 2.13. The molecule has 0 saturated carbocycles. The minimum absolute atomic E-state index is 0.312. The summed E-state index contributed by atoms with van der Waals surface area (Å²) in [5.41, 5.74) is 0. The summed E-state index contributed by atoms with van der Waals surface area (Å²) < 4.78 is 0. The smallest absolute Gasteiger partial charge is 0.266 e. The molecule has 4 heteroatoms. The topological polar surface area (TPSA) is 63.4 Å². The van der Waals surface area contributed by atoms with E-state index in [1.54, 1.807) is 0 Å². The molecular formula is C8H14N2O2. The number of unbranched alkanes of at least 4 members (excludes halogenated alkanes) is 1. The van der Waals surface area contributed by atoms with E-state index < -0.39 is 5.91 Å². The highest BCUT2D eigenvalue weighted by Crippen LogP contribution is 1.97. The van der Waals surface area contributed by atoms with E-state index in [2.05, 4.69) is 6.58 Å². The Bertz CT molecular complexity index is 189. The number of rotatable bonds is 4. The number of hydrogen-bond acceptors (Lipinski definition) is 3. The van der Waals surface area contributed by atoms with Crippen molar-refractivity contribution >= 4 is 11.8 Å². The molecule has 0 heterocycles. The standard InChI is InChI=1S/C8H14N2O2/c1-3-5-6-8(12)10(9)7(11)4-2/h4H,2-3,5-6,9H2,1H3. The molecule has 0 aromatic rings. The van der Waals surface area contributed by atoms with Crippen LogP contribution in [-0.2, 0) is 9.59 Å². The van der Waals surface area contributed by atoms with Gasteiger partial charge in [-0.3, -0.25) is 9.59 Å². The molecule has 0 aromatic carbocycles. The molecule has 0 aliphatic rings. The fraction of sp³-hybridized carbons (Fsp3) is 0.500. The normalized spacial score (nSPS) is 9.17. The molecule has 2 N–H and O–H groups in total. The van der Waals surface area contributed by atoms with Gasteiger partial charge >= 0.3 is 0 Å². The van der Waals surface area contributed by atoms with Gasteiger partial charge in [-0.05, 0) is 12.5 Å². The molecule has 68 valence electrons. The summed E-state index contributed by atoms with van der Waals surface area (Å²) in [7, 11) is 0. The monoisotopic (exact) mass is 170 g/mol. The molecule has 0 aromatic heterocycles. The fourth-order valence-electron chi connectivity index (χ4n) is 0.670. The van der Waals surface area contributed by atoms with Crippen LogP contribution in [0.15, 0.2) is 12.7 Å². The van der Waals surface area contributed by atoms with Crippen molar-refractivity contribution in [1.82, 2.24) is 5.01 Å². The second-order valence-electron chi connectivity index (χ2n) is 2.41. The molecule has 12 heavy (non-hydrogen) atoms. The number of nitrogens with zero attached hydrogens (tertiary/aromatic N) is 1. The first kappa shape index (κ1) is 10.8. The Morgan fingerprint density at radius 2 is 2.17 bits per heavy atom. The van der Waals surface area contributed by atoms with Gasteiger partial charge in [-0.25, -0.2) is 10.9 Å². The van der Waals surface area contributed by atoms with Gasteiger partial charge in [0.1, 0.15) is 0 Å². The number of hydrogen-bond donors (Lipinski definition) is 1. The average Bonchev–Trinajstić information content (AvgIpc) is 2.11. The van der Waals surface area contributed by atoms with Gasteiger partial charge in [0.05, 0.1) is 0 Å². The fourth-order valence-corrected chi connectivity index (χ4v) is 0.670. The molecule has 0 rings (SSSR count). The Kier molecular flexibility index (Phi) is 4.96. The highest BCUT2D eigenvalue weighted by atomic mass is 16.2. The van der Waals surface area contributed by atoms with Gasteiger partial charge in [0.15, 0.2) is 0 Å². The number of amides is 2. The van der Waals surface area contributed by atoms with E-state index in [-0.39, 0.29) is 5.91 Å². The van der Waals surface area contributed by atoms with Crippen molar-refractivity contribution in [2.24, 2.45) is 5.84 Å². The van der Waals surface area contributed by atoms with Crippen LogP contribution in [0.1, 0.15) is 26.2 Å². The third-order valence-electron chi connectivity index (χ3n) is 1.42. The molecule has 0 aliphatic heterocycles. The summed E-state index contributed by atoms with van der Waals surface area (Å²) in [5, 5.41) is 0.600. The van der Waals surface area contributed by atoms with Crippen LogP contribution in [0.25, 0.3) is 0 Å². The molecule has 4 nitrogen and oxygen atoms in total. The number of carbonyl (C=O) groups excluding carboxylic acids is 2. The van der Waals surface area contributed by atoms with E-state index in [1.165, 1.54) is 0 Å². The van der Waals surface area contributed by atoms with Crippen molar-refractivity contribution in [3.8, 4) is 0 Å².